The van der Waals surface area contributed by atoms with Crippen LogP contribution < -0.4 is 0 Å². The van der Waals surface area contributed by atoms with E-state index in [2.05, 4.69) is 0 Å². The van der Waals surface area contributed by atoms with Crippen molar-refractivity contribution >= 4 is 12.0 Å². The largest absolute Gasteiger partial charge is 0.392 e. The van der Waals surface area contributed by atoms with Crippen LogP contribution in [0.15, 0.2) is 0 Å². The van der Waals surface area contributed by atoms with Crippen LogP contribution in [0.25, 0.3) is 0 Å². The summed E-state index contributed by atoms with van der Waals surface area (Å²) in [6, 6.07) is 0.306. The van der Waals surface area contributed by atoms with Crippen molar-refractivity contribution in [1.29, 1.82) is 10.8 Å². The standard InChI is InChI=1S/C12H22N4O/c13-11(15-7-3-1-4-8-15)17-12(14)16-9-5-2-6-10-16/h13-14H,1-10H2. The number of piperidine rings is 2. The Morgan fingerprint density at radius 3 is 1.35 bits per heavy atom. The molecule has 0 bridgehead atoms. The predicted octanol–water partition coefficient (Wildman–Crippen LogP) is 1.84. The van der Waals surface area contributed by atoms with Gasteiger partial charge >= 0.3 is 0 Å². The number of likely N-dealkylation sites (tertiary alicyclic amines) is 2. The molecule has 2 N–H and O–H groups in total. The lowest BCUT2D eigenvalue weighted by Gasteiger charge is -2.31. The third-order valence-corrected chi connectivity index (χ3v) is 3.48. The van der Waals surface area contributed by atoms with E-state index < -0.39 is 0 Å². The maximum absolute atomic E-state index is 7.87. The number of rotatable bonds is 0. The molecule has 0 aromatic heterocycles. The van der Waals surface area contributed by atoms with Gasteiger partial charge in [-0.25, -0.2) is 0 Å². The molecule has 17 heavy (non-hydrogen) atoms. The van der Waals surface area contributed by atoms with Crippen LogP contribution in [0.5, 0.6) is 0 Å². The summed E-state index contributed by atoms with van der Waals surface area (Å²) in [5.41, 5.74) is 0. The summed E-state index contributed by atoms with van der Waals surface area (Å²) in [4.78, 5) is 3.87. The second-order valence-electron chi connectivity index (χ2n) is 4.81. The summed E-state index contributed by atoms with van der Waals surface area (Å²) in [5, 5.41) is 15.7. The molecule has 0 radical (unpaired) electrons. The minimum Gasteiger partial charge on any atom is -0.392 e. The Morgan fingerprint density at radius 1 is 0.647 bits per heavy atom. The van der Waals surface area contributed by atoms with Gasteiger partial charge in [-0.15, -0.1) is 0 Å². The number of amidine groups is 2. The number of hydrogen-bond acceptors (Lipinski definition) is 3. The molecule has 0 spiro atoms. The van der Waals surface area contributed by atoms with Gasteiger partial charge in [0.05, 0.1) is 0 Å². The topological polar surface area (TPSA) is 63.4 Å². The van der Waals surface area contributed by atoms with Gasteiger partial charge in [0.2, 0.25) is 0 Å². The molecule has 5 nitrogen and oxygen atoms in total. The molecule has 2 saturated heterocycles. The summed E-state index contributed by atoms with van der Waals surface area (Å²) < 4.78 is 5.35. The third-order valence-electron chi connectivity index (χ3n) is 3.48. The van der Waals surface area contributed by atoms with Crippen molar-refractivity contribution in [3.8, 4) is 0 Å². The first kappa shape index (κ1) is 12.2. The van der Waals surface area contributed by atoms with E-state index in [-0.39, 0.29) is 12.0 Å². The molecule has 2 aliphatic rings. The second kappa shape index (κ2) is 5.89. The highest BCUT2D eigenvalue weighted by molar-refractivity contribution is 5.86. The highest BCUT2D eigenvalue weighted by atomic mass is 16.5. The van der Waals surface area contributed by atoms with Gasteiger partial charge in [0.25, 0.3) is 12.0 Å². The van der Waals surface area contributed by atoms with Crippen molar-refractivity contribution in [2.45, 2.75) is 38.5 Å². The molecule has 2 aliphatic heterocycles. The monoisotopic (exact) mass is 238 g/mol. The van der Waals surface area contributed by atoms with Crippen molar-refractivity contribution in [1.82, 2.24) is 9.80 Å². The third kappa shape index (κ3) is 3.35. The van der Waals surface area contributed by atoms with Gasteiger partial charge in [0.1, 0.15) is 0 Å². The average Bonchev–Trinajstić information content (AvgIpc) is 2.40. The zero-order valence-electron chi connectivity index (χ0n) is 10.4. The summed E-state index contributed by atoms with van der Waals surface area (Å²) in [7, 11) is 0. The minimum absolute atomic E-state index is 0.153. The minimum atomic E-state index is 0.153. The first-order chi connectivity index (χ1) is 8.27. The highest BCUT2D eigenvalue weighted by Crippen LogP contribution is 2.12. The Labute approximate surface area is 103 Å². The van der Waals surface area contributed by atoms with E-state index in [0.29, 0.717) is 0 Å². The predicted molar refractivity (Wildman–Crippen MR) is 67.4 cm³/mol. The Balaban J connectivity index is 1.78. The quantitative estimate of drug-likeness (QED) is 0.500. The zero-order chi connectivity index (χ0) is 12.1. The fourth-order valence-electron chi connectivity index (χ4n) is 2.41. The van der Waals surface area contributed by atoms with Gasteiger partial charge in [-0.2, -0.15) is 0 Å². The van der Waals surface area contributed by atoms with Crippen LogP contribution >= 0.6 is 0 Å². The Kier molecular flexibility index (Phi) is 4.23. The van der Waals surface area contributed by atoms with Crippen molar-refractivity contribution in [3.05, 3.63) is 0 Å². The van der Waals surface area contributed by atoms with E-state index in [1.165, 1.54) is 12.8 Å². The molecule has 2 fully saturated rings. The molecule has 0 amide bonds. The molecular formula is C12H22N4O. The van der Waals surface area contributed by atoms with E-state index in [1.54, 1.807) is 0 Å². The Hall–Kier alpha value is -1.26. The van der Waals surface area contributed by atoms with Gasteiger partial charge in [-0.3, -0.25) is 10.8 Å². The maximum Gasteiger partial charge on any atom is 0.292 e. The zero-order valence-corrected chi connectivity index (χ0v) is 10.4. The fourth-order valence-corrected chi connectivity index (χ4v) is 2.41. The molecule has 2 heterocycles. The van der Waals surface area contributed by atoms with Crippen molar-refractivity contribution < 1.29 is 4.74 Å². The molecule has 2 rings (SSSR count). The van der Waals surface area contributed by atoms with Crippen molar-refractivity contribution in [2.75, 3.05) is 26.2 Å². The van der Waals surface area contributed by atoms with Crippen LogP contribution in [0.2, 0.25) is 0 Å². The lowest BCUT2D eigenvalue weighted by atomic mass is 10.1. The highest BCUT2D eigenvalue weighted by Gasteiger charge is 2.20. The summed E-state index contributed by atoms with van der Waals surface area (Å²) >= 11 is 0. The van der Waals surface area contributed by atoms with Crippen LogP contribution in [0.1, 0.15) is 38.5 Å². The van der Waals surface area contributed by atoms with Crippen LogP contribution in [0.4, 0.5) is 0 Å². The Morgan fingerprint density at radius 2 is 1.00 bits per heavy atom. The van der Waals surface area contributed by atoms with E-state index in [1.807, 2.05) is 9.80 Å². The van der Waals surface area contributed by atoms with Crippen LogP contribution in [-0.2, 0) is 4.74 Å². The SMILES string of the molecule is N=C(OC(=N)N1CCCCC1)N1CCCCC1. The first-order valence-corrected chi connectivity index (χ1v) is 6.62. The Bertz CT molecular complexity index is 252. The van der Waals surface area contributed by atoms with E-state index in [4.69, 9.17) is 15.6 Å². The molecule has 96 valence electrons. The lowest BCUT2D eigenvalue weighted by Crippen LogP contribution is -2.43. The fraction of sp³-hybridized carbons (Fsp3) is 0.833. The van der Waals surface area contributed by atoms with Crippen LogP contribution in [0.3, 0.4) is 0 Å². The summed E-state index contributed by atoms with van der Waals surface area (Å²) in [6.45, 7) is 3.58. The number of hydrogen-bond donors (Lipinski definition) is 2. The molecule has 0 saturated carbocycles. The van der Waals surface area contributed by atoms with E-state index in [9.17, 15) is 0 Å². The van der Waals surface area contributed by atoms with Gasteiger partial charge in [-0.1, -0.05) is 0 Å². The lowest BCUT2D eigenvalue weighted by molar-refractivity contribution is 0.240. The van der Waals surface area contributed by atoms with Crippen molar-refractivity contribution in [2.24, 2.45) is 0 Å². The number of nitrogens with one attached hydrogen (secondary N) is 2. The number of nitrogens with zero attached hydrogens (tertiary/aromatic N) is 2. The number of ether oxygens (including phenoxy) is 1. The van der Waals surface area contributed by atoms with Gasteiger partial charge in [0.15, 0.2) is 0 Å². The molecular weight excluding hydrogens is 216 g/mol. The molecule has 0 aromatic rings. The van der Waals surface area contributed by atoms with Crippen molar-refractivity contribution in [3.63, 3.8) is 0 Å². The van der Waals surface area contributed by atoms with Gasteiger partial charge in [-0.05, 0) is 38.5 Å². The van der Waals surface area contributed by atoms with Crippen LogP contribution in [0, 0.1) is 10.8 Å². The maximum atomic E-state index is 7.87. The second-order valence-corrected chi connectivity index (χ2v) is 4.81. The van der Waals surface area contributed by atoms with E-state index >= 15 is 0 Å². The van der Waals surface area contributed by atoms with Gasteiger partial charge < -0.3 is 14.5 Å². The molecule has 5 heteroatoms. The smallest absolute Gasteiger partial charge is 0.292 e. The molecule has 0 unspecified atom stereocenters. The van der Waals surface area contributed by atoms with Gasteiger partial charge in [0, 0.05) is 26.2 Å². The summed E-state index contributed by atoms with van der Waals surface area (Å²) in [5.74, 6) is 0. The normalized spacial score (nSPS) is 21.2. The average molecular weight is 238 g/mol. The molecule has 0 aromatic carbocycles. The molecule has 0 aliphatic carbocycles. The first-order valence-electron chi connectivity index (χ1n) is 6.62. The van der Waals surface area contributed by atoms with E-state index in [0.717, 1.165) is 51.9 Å². The molecule has 0 atom stereocenters. The summed E-state index contributed by atoms with van der Waals surface area (Å²) in [6.07, 6.45) is 7.00. The van der Waals surface area contributed by atoms with Crippen LogP contribution in [-0.4, -0.2) is 48.0 Å².